The van der Waals surface area contributed by atoms with Crippen molar-refractivity contribution < 1.29 is 32.2 Å². The average molecular weight is 500 g/mol. The number of halogens is 3. The third-order valence-corrected chi connectivity index (χ3v) is 5.62. The number of alkyl halides is 3. The van der Waals surface area contributed by atoms with E-state index in [-0.39, 0.29) is 35.4 Å². The molecule has 2 fully saturated rings. The van der Waals surface area contributed by atoms with Crippen molar-refractivity contribution in [2.45, 2.75) is 25.2 Å². The highest BCUT2D eigenvalue weighted by molar-refractivity contribution is 5.92. The molecule has 0 bridgehead atoms. The molecule has 3 amide bonds. The van der Waals surface area contributed by atoms with E-state index < -0.39 is 17.8 Å². The molecule has 1 aromatic carbocycles. The normalized spacial score (nSPS) is 21.9. The van der Waals surface area contributed by atoms with Crippen LogP contribution in [-0.2, 0) is 10.9 Å². The molecule has 1 saturated heterocycles. The summed E-state index contributed by atoms with van der Waals surface area (Å²) in [4.78, 5) is 27.9. The average Bonchev–Trinajstić information content (AvgIpc) is 3.39. The van der Waals surface area contributed by atoms with Crippen LogP contribution in [0, 0.1) is 5.92 Å². The highest BCUT2D eigenvalue weighted by Crippen LogP contribution is 2.50. The number of allylic oxidation sites excluding steroid dienone is 4. The van der Waals surface area contributed by atoms with Gasteiger partial charge in [-0.05, 0) is 48.9 Å². The molecule has 1 aliphatic heterocycles. The van der Waals surface area contributed by atoms with Crippen LogP contribution in [0.1, 0.15) is 23.0 Å². The van der Waals surface area contributed by atoms with Gasteiger partial charge in [-0.3, -0.25) is 9.78 Å². The van der Waals surface area contributed by atoms with Gasteiger partial charge in [-0.1, -0.05) is 12.6 Å². The van der Waals surface area contributed by atoms with Crippen LogP contribution < -0.4 is 20.7 Å². The molecular weight excluding hydrogens is 477 g/mol. The van der Waals surface area contributed by atoms with Crippen LogP contribution in [0.15, 0.2) is 78.4 Å². The number of fused-ring (bicyclic) bond motifs is 1. The van der Waals surface area contributed by atoms with Crippen LogP contribution in [0.2, 0.25) is 0 Å². The summed E-state index contributed by atoms with van der Waals surface area (Å²) in [5.41, 5.74) is 0.104. The topological polar surface area (TPSA) is 102 Å². The molecule has 0 unspecified atom stereocenters. The van der Waals surface area contributed by atoms with E-state index in [1.54, 1.807) is 25.1 Å². The Bertz CT molecular complexity index is 1270. The van der Waals surface area contributed by atoms with Gasteiger partial charge in [0.2, 0.25) is 0 Å². The van der Waals surface area contributed by atoms with Crippen molar-refractivity contribution in [3.8, 4) is 5.75 Å². The Labute approximate surface area is 204 Å². The Morgan fingerprint density at radius 3 is 2.67 bits per heavy atom. The van der Waals surface area contributed by atoms with Crippen molar-refractivity contribution in [3.63, 3.8) is 0 Å². The molecule has 2 aliphatic rings. The van der Waals surface area contributed by atoms with Gasteiger partial charge in [0.05, 0.1) is 17.5 Å². The summed E-state index contributed by atoms with van der Waals surface area (Å²) in [5.74, 6) is 1.06. The molecule has 2 aromatic rings. The van der Waals surface area contributed by atoms with Crippen LogP contribution in [0.25, 0.3) is 0 Å². The van der Waals surface area contributed by atoms with Gasteiger partial charge >= 0.3 is 12.2 Å². The minimum atomic E-state index is -4.50. The molecule has 0 spiro atoms. The van der Waals surface area contributed by atoms with Gasteiger partial charge in [0.1, 0.15) is 29.1 Å². The first-order valence-corrected chi connectivity index (χ1v) is 10.9. The van der Waals surface area contributed by atoms with Gasteiger partial charge in [-0.15, -0.1) is 0 Å². The molecule has 2 heterocycles. The fourth-order valence-electron chi connectivity index (χ4n) is 3.78. The minimum Gasteiger partial charge on any atom is -0.487 e. The molecule has 3 N–H and O–H groups in total. The van der Waals surface area contributed by atoms with Gasteiger partial charge in [0, 0.05) is 25.0 Å². The molecule has 36 heavy (non-hydrogen) atoms. The van der Waals surface area contributed by atoms with E-state index >= 15 is 0 Å². The van der Waals surface area contributed by atoms with Gasteiger partial charge in [-0.2, -0.15) is 13.2 Å². The number of benzene rings is 1. The number of nitrogens with one attached hydrogen (secondary N) is 3. The third kappa shape index (κ3) is 5.51. The number of aromatic nitrogens is 1. The van der Waals surface area contributed by atoms with Crippen LogP contribution >= 0.6 is 0 Å². The third-order valence-electron chi connectivity index (χ3n) is 5.62. The van der Waals surface area contributed by atoms with Gasteiger partial charge in [0.25, 0.3) is 5.91 Å². The van der Waals surface area contributed by atoms with E-state index in [0.717, 1.165) is 12.1 Å². The van der Waals surface area contributed by atoms with Crippen LogP contribution in [-0.4, -0.2) is 36.1 Å². The van der Waals surface area contributed by atoms with Crippen LogP contribution in [0.3, 0.4) is 0 Å². The maximum atomic E-state index is 12.9. The Kier molecular flexibility index (Phi) is 6.73. The number of nitrogens with zero attached hydrogens (tertiary/aromatic N) is 1. The maximum Gasteiger partial charge on any atom is 0.416 e. The molecule has 4 rings (SSSR count). The Balaban J connectivity index is 1.30. The van der Waals surface area contributed by atoms with Crippen LogP contribution in [0.5, 0.6) is 5.75 Å². The second kappa shape index (κ2) is 9.76. The number of ether oxygens (including phenoxy) is 2. The minimum absolute atomic E-state index is 0.0331. The fraction of sp³-hybridized carbons (Fsp3) is 0.240. The number of amides is 3. The SMILES string of the molecule is C=C1/C(=C\C=C(/C)Oc2ccnc(C(=O)NC)c2)O[C@@H]2[C@@H](NC(=O)Nc3cccc(C(F)(F)F)c3)[C@H]12. The molecule has 1 saturated carbocycles. The van der Waals surface area contributed by atoms with Crippen LogP contribution in [0.4, 0.5) is 23.7 Å². The summed E-state index contributed by atoms with van der Waals surface area (Å²) in [6.45, 7) is 5.76. The second-order valence-electron chi connectivity index (χ2n) is 8.20. The van der Waals surface area contributed by atoms with E-state index in [1.807, 2.05) is 0 Å². The number of rotatable bonds is 6. The van der Waals surface area contributed by atoms with Gasteiger partial charge < -0.3 is 25.4 Å². The first kappa shape index (κ1) is 24.8. The molecule has 11 heteroatoms. The quantitative estimate of drug-likeness (QED) is 0.511. The van der Waals surface area contributed by atoms with Gasteiger partial charge in [0.15, 0.2) is 0 Å². The lowest BCUT2D eigenvalue weighted by molar-refractivity contribution is -0.137. The van der Waals surface area contributed by atoms with Crippen molar-refractivity contribution in [1.82, 2.24) is 15.6 Å². The number of carbonyl (C=O) groups excluding carboxylic acids is 2. The van der Waals surface area contributed by atoms with E-state index in [0.29, 0.717) is 22.8 Å². The summed E-state index contributed by atoms with van der Waals surface area (Å²) in [7, 11) is 1.51. The lowest BCUT2D eigenvalue weighted by atomic mass is 10.1. The van der Waals surface area contributed by atoms with E-state index in [4.69, 9.17) is 9.47 Å². The first-order chi connectivity index (χ1) is 17.1. The van der Waals surface area contributed by atoms with Crippen molar-refractivity contribution in [2.75, 3.05) is 12.4 Å². The Morgan fingerprint density at radius 2 is 2.00 bits per heavy atom. The highest BCUT2D eigenvalue weighted by atomic mass is 19.4. The Morgan fingerprint density at radius 1 is 1.22 bits per heavy atom. The Hall–Kier alpha value is -4.28. The zero-order chi connectivity index (χ0) is 26.0. The number of pyridine rings is 1. The number of urea groups is 1. The molecule has 8 nitrogen and oxygen atoms in total. The monoisotopic (exact) mass is 500 g/mol. The summed E-state index contributed by atoms with van der Waals surface area (Å²) in [6, 6.07) is 6.57. The van der Waals surface area contributed by atoms with Crippen molar-refractivity contribution in [1.29, 1.82) is 0 Å². The summed E-state index contributed by atoms with van der Waals surface area (Å²) in [6.07, 6.45) is 0.0530. The lowest BCUT2D eigenvalue weighted by Crippen LogP contribution is -2.34. The molecule has 1 aliphatic carbocycles. The summed E-state index contributed by atoms with van der Waals surface area (Å²) < 4.78 is 50.1. The highest BCUT2D eigenvalue weighted by Gasteiger charge is 2.60. The largest absolute Gasteiger partial charge is 0.487 e. The molecule has 3 atom stereocenters. The zero-order valence-corrected chi connectivity index (χ0v) is 19.3. The number of carbonyl (C=O) groups is 2. The van der Waals surface area contributed by atoms with Crippen molar-refractivity contribution in [2.24, 2.45) is 5.92 Å². The molecule has 0 radical (unpaired) electrons. The fourth-order valence-corrected chi connectivity index (χ4v) is 3.78. The van der Waals surface area contributed by atoms with E-state index in [2.05, 4.69) is 27.5 Å². The summed E-state index contributed by atoms with van der Waals surface area (Å²) in [5, 5.41) is 7.61. The number of anilines is 1. The standard InChI is InChI=1S/C25H23F3N4O4/c1-13(35-17-9-10-30-18(12-17)23(33)29-3)7-8-19-14(2)20-21(22(20)36-19)32-24(34)31-16-6-4-5-15(11-16)25(26,27)28/h4-12,20-22H,2H2,1,3H3,(H,29,33)(H2,31,32,34)/b13-7+,19-8+/t20-,21-,22-/m0/s1. The maximum absolute atomic E-state index is 12.9. The van der Waals surface area contributed by atoms with E-state index in [9.17, 15) is 22.8 Å². The molecular formula is C25H23F3N4O4. The predicted molar refractivity (Wildman–Crippen MR) is 125 cm³/mol. The molecule has 1 aromatic heterocycles. The van der Waals surface area contributed by atoms with Gasteiger partial charge in [-0.25, -0.2) is 4.79 Å². The lowest BCUT2D eigenvalue weighted by Gasteiger charge is -2.13. The second-order valence-corrected chi connectivity index (χ2v) is 8.20. The van der Waals surface area contributed by atoms with Crippen molar-refractivity contribution >= 4 is 17.6 Å². The first-order valence-electron chi connectivity index (χ1n) is 10.9. The summed E-state index contributed by atoms with van der Waals surface area (Å²) >= 11 is 0. The smallest absolute Gasteiger partial charge is 0.416 e. The van der Waals surface area contributed by atoms with Crippen molar-refractivity contribution in [3.05, 3.63) is 89.7 Å². The number of hydrogen-bond acceptors (Lipinski definition) is 5. The zero-order valence-electron chi connectivity index (χ0n) is 19.3. The predicted octanol–water partition coefficient (Wildman–Crippen LogP) is 4.40. The number of hydrogen-bond donors (Lipinski definition) is 3. The van der Waals surface area contributed by atoms with E-state index in [1.165, 1.54) is 31.4 Å². The molecule has 188 valence electrons.